The fourth-order valence-electron chi connectivity index (χ4n) is 3.82. The molecule has 136 valence electrons. The van der Waals surface area contributed by atoms with E-state index in [-0.39, 0.29) is 36.0 Å². The molecule has 0 bridgehead atoms. The van der Waals surface area contributed by atoms with E-state index in [1.165, 1.54) is 12.1 Å². The van der Waals surface area contributed by atoms with Crippen LogP contribution in [-0.4, -0.2) is 53.8 Å². The first kappa shape index (κ1) is 17.9. The Morgan fingerprint density at radius 2 is 1.88 bits per heavy atom. The highest BCUT2D eigenvalue weighted by atomic mass is 19.1. The molecule has 2 unspecified atom stereocenters. The van der Waals surface area contributed by atoms with Gasteiger partial charge >= 0.3 is 0 Å². The number of benzene rings is 1. The minimum absolute atomic E-state index is 0.0113. The molecular formula is C19H26FN3O2. The lowest BCUT2D eigenvalue weighted by molar-refractivity contribution is -0.136. The Bertz CT molecular complexity index is 637. The molecule has 0 aromatic heterocycles. The van der Waals surface area contributed by atoms with Crippen molar-refractivity contribution in [3.8, 4) is 0 Å². The van der Waals surface area contributed by atoms with Gasteiger partial charge in [0.15, 0.2) is 0 Å². The molecule has 2 N–H and O–H groups in total. The van der Waals surface area contributed by atoms with Crippen LogP contribution in [0.3, 0.4) is 0 Å². The number of amides is 2. The van der Waals surface area contributed by atoms with E-state index in [1.807, 2.05) is 4.90 Å². The van der Waals surface area contributed by atoms with Crippen molar-refractivity contribution >= 4 is 11.8 Å². The molecule has 2 fully saturated rings. The maximum Gasteiger partial charge on any atom is 0.227 e. The van der Waals surface area contributed by atoms with Gasteiger partial charge in [-0.3, -0.25) is 9.59 Å². The van der Waals surface area contributed by atoms with Crippen molar-refractivity contribution in [1.82, 2.24) is 9.80 Å². The second kappa shape index (κ2) is 7.95. The highest BCUT2D eigenvalue weighted by Gasteiger charge is 2.32. The van der Waals surface area contributed by atoms with Crippen molar-refractivity contribution in [3.63, 3.8) is 0 Å². The van der Waals surface area contributed by atoms with E-state index in [4.69, 9.17) is 5.73 Å². The molecule has 1 heterocycles. The van der Waals surface area contributed by atoms with E-state index in [1.54, 1.807) is 17.0 Å². The molecule has 2 aliphatic rings. The first-order chi connectivity index (χ1) is 12.0. The van der Waals surface area contributed by atoms with E-state index in [0.29, 0.717) is 31.7 Å². The van der Waals surface area contributed by atoms with E-state index in [0.717, 1.165) is 25.7 Å². The van der Waals surface area contributed by atoms with Crippen LogP contribution in [0.25, 0.3) is 0 Å². The van der Waals surface area contributed by atoms with Crippen LogP contribution in [0.2, 0.25) is 0 Å². The molecule has 25 heavy (non-hydrogen) atoms. The van der Waals surface area contributed by atoms with Gasteiger partial charge in [0.25, 0.3) is 0 Å². The van der Waals surface area contributed by atoms with Crippen LogP contribution in [0.15, 0.2) is 24.3 Å². The number of hydrogen-bond acceptors (Lipinski definition) is 3. The zero-order valence-electron chi connectivity index (χ0n) is 14.5. The number of nitrogens with two attached hydrogens (primary N) is 1. The average molecular weight is 347 g/mol. The maximum atomic E-state index is 13.3. The maximum absolute atomic E-state index is 13.3. The molecular weight excluding hydrogens is 321 g/mol. The van der Waals surface area contributed by atoms with E-state index in [9.17, 15) is 14.0 Å². The molecule has 0 spiro atoms. The molecule has 1 aromatic rings. The first-order valence-electron chi connectivity index (χ1n) is 9.09. The SMILES string of the molecule is NC1CCC(C(=O)N2CCCN(C(=O)Cc3cccc(F)c3)CC2)C1. The average Bonchev–Trinajstić information content (AvgIpc) is 2.87. The Balaban J connectivity index is 1.54. The third-order valence-corrected chi connectivity index (χ3v) is 5.23. The first-order valence-corrected chi connectivity index (χ1v) is 9.09. The summed E-state index contributed by atoms with van der Waals surface area (Å²) in [6, 6.07) is 6.29. The molecule has 1 aromatic carbocycles. The van der Waals surface area contributed by atoms with Gasteiger partial charge in [0.05, 0.1) is 6.42 Å². The minimum atomic E-state index is -0.326. The summed E-state index contributed by atoms with van der Waals surface area (Å²) in [6.45, 7) is 2.44. The summed E-state index contributed by atoms with van der Waals surface area (Å²) in [5.74, 6) is -0.104. The van der Waals surface area contributed by atoms with Crippen LogP contribution in [0, 0.1) is 11.7 Å². The monoisotopic (exact) mass is 347 g/mol. The number of nitrogens with zero attached hydrogens (tertiary/aromatic N) is 2. The van der Waals surface area contributed by atoms with Crippen molar-refractivity contribution in [2.45, 2.75) is 38.1 Å². The van der Waals surface area contributed by atoms with Crippen LogP contribution in [-0.2, 0) is 16.0 Å². The number of carbonyl (C=O) groups excluding carboxylic acids is 2. The molecule has 0 radical (unpaired) electrons. The largest absolute Gasteiger partial charge is 0.341 e. The Labute approximate surface area is 148 Å². The van der Waals surface area contributed by atoms with E-state index >= 15 is 0 Å². The topological polar surface area (TPSA) is 66.6 Å². The Morgan fingerprint density at radius 3 is 2.60 bits per heavy atom. The van der Waals surface area contributed by atoms with E-state index in [2.05, 4.69) is 0 Å². The molecule has 1 saturated carbocycles. The van der Waals surface area contributed by atoms with Gasteiger partial charge in [0, 0.05) is 38.1 Å². The second-order valence-electron chi connectivity index (χ2n) is 7.14. The van der Waals surface area contributed by atoms with Crippen molar-refractivity contribution < 1.29 is 14.0 Å². The summed E-state index contributed by atoms with van der Waals surface area (Å²) in [4.78, 5) is 28.8. The second-order valence-corrected chi connectivity index (χ2v) is 7.14. The lowest BCUT2D eigenvalue weighted by Crippen LogP contribution is -2.40. The highest BCUT2D eigenvalue weighted by Crippen LogP contribution is 2.26. The Morgan fingerprint density at radius 1 is 1.12 bits per heavy atom. The molecule has 1 saturated heterocycles. The van der Waals surface area contributed by atoms with Crippen LogP contribution < -0.4 is 5.73 Å². The molecule has 1 aliphatic heterocycles. The van der Waals surface area contributed by atoms with Gasteiger partial charge in [-0.25, -0.2) is 4.39 Å². The Hall–Kier alpha value is -1.95. The summed E-state index contributed by atoms with van der Waals surface area (Å²) >= 11 is 0. The van der Waals surface area contributed by atoms with Crippen LogP contribution in [0.5, 0.6) is 0 Å². The van der Waals surface area contributed by atoms with Gasteiger partial charge in [0.2, 0.25) is 11.8 Å². The van der Waals surface area contributed by atoms with Gasteiger partial charge in [-0.05, 0) is 43.4 Å². The minimum Gasteiger partial charge on any atom is -0.341 e. The highest BCUT2D eigenvalue weighted by molar-refractivity contribution is 5.80. The van der Waals surface area contributed by atoms with Crippen molar-refractivity contribution in [1.29, 1.82) is 0 Å². The normalized spacial score (nSPS) is 24.2. The van der Waals surface area contributed by atoms with Gasteiger partial charge in [-0.2, -0.15) is 0 Å². The Kier molecular flexibility index (Phi) is 5.68. The summed E-state index contributed by atoms with van der Waals surface area (Å²) in [6.07, 6.45) is 3.54. The molecule has 5 nitrogen and oxygen atoms in total. The van der Waals surface area contributed by atoms with E-state index < -0.39 is 0 Å². The number of hydrogen-bond donors (Lipinski definition) is 1. The smallest absolute Gasteiger partial charge is 0.227 e. The van der Waals surface area contributed by atoms with Crippen LogP contribution in [0.1, 0.15) is 31.2 Å². The van der Waals surface area contributed by atoms with Gasteiger partial charge in [0.1, 0.15) is 5.82 Å². The number of carbonyl (C=O) groups is 2. The zero-order chi connectivity index (χ0) is 17.8. The van der Waals surface area contributed by atoms with Gasteiger partial charge in [-0.1, -0.05) is 12.1 Å². The third-order valence-electron chi connectivity index (χ3n) is 5.23. The standard InChI is InChI=1S/C19H26FN3O2/c20-16-4-1-3-14(11-16)12-18(24)22-7-2-8-23(10-9-22)19(25)15-5-6-17(21)13-15/h1,3-4,11,15,17H,2,5-10,12-13,21H2. The fourth-order valence-corrected chi connectivity index (χ4v) is 3.82. The molecule has 6 heteroatoms. The lowest BCUT2D eigenvalue weighted by atomic mass is 10.1. The molecule has 1 aliphatic carbocycles. The van der Waals surface area contributed by atoms with Crippen molar-refractivity contribution in [2.75, 3.05) is 26.2 Å². The number of rotatable bonds is 3. The van der Waals surface area contributed by atoms with Gasteiger partial charge < -0.3 is 15.5 Å². The summed E-state index contributed by atoms with van der Waals surface area (Å²) < 4.78 is 13.3. The predicted octanol–water partition coefficient (Wildman–Crippen LogP) is 1.56. The fraction of sp³-hybridized carbons (Fsp3) is 0.579. The molecule has 2 atom stereocenters. The quantitative estimate of drug-likeness (QED) is 0.902. The van der Waals surface area contributed by atoms with Crippen LogP contribution >= 0.6 is 0 Å². The third kappa shape index (κ3) is 4.57. The van der Waals surface area contributed by atoms with Crippen molar-refractivity contribution in [3.05, 3.63) is 35.6 Å². The zero-order valence-corrected chi connectivity index (χ0v) is 14.5. The summed E-state index contributed by atoms with van der Waals surface area (Å²) in [5.41, 5.74) is 6.60. The molecule has 3 rings (SSSR count). The number of halogens is 1. The van der Waals surface area contributed by atoms with Crippen LogP contribution in [0.4, 0.5) is 4.39 Å². The van der Waals surface area contributed by atoms with Crippen molar-refractivity contribution in [2.24, 2.45) is 11.7 Å². The van der Waals surface area contributed by atoms with Gasteiger partial charge in [-0.15, -0.1) is 0 Å². The summed E-state index contributed by atoms with van der Waals surface area (Å²) in [5, 5.41) is 0. The molecule has 2 amide bonds. The lowest BCUT2D eigenvalue weighted by Gasteiger charge is -2.24. The summed E-state index contributed by atoms with van der Waals surface area (Å²) in [7, 11) is 0. The predicted molar refractivity (Wildman–Crippen MR) is 93.2 cm³/mol.